The van der Waals surface area contributed by atoms with E-state index in [-0.39, 0.29) is 18.0 Å². The highest BCUT2D eigenvalue weighted by Crippen LogP contribution is 2.35. The summed E-state index contributed by atoms with van der Waals surface area (Å²) in [6.45, 7) is 12.8. The molecule has 1 aromatic heterocycles. The van der Waals surface area contributed by atoms with Crippen LogP contribution in [-0.4, -0.2) is 32.6 Å². The molecule has 4 rings (SSSR count). The molecule has 0 spiro atoms. The quantitative estimate of drug-likeness (QED) is 0.346. The molecule has 1 fully saturated rings. The van der Waals surface area contributed by atoms with E-state index in [0.29, 0.717) is 11.5 Å². The van der Waals surface area contributed by atoms with Gasteiger partial charge in [-0.1, -0.05) is 30.3 Å². The third kappa shape index (κ3) is 5.54. The van der Waals surface area contributed by atoms with Crippen LogP contribution in [-0.2, 0) is 11.4 Å². The average molecular weight is 488 g/mol. The van der Waals surface area contributed by atoms with Gasteiger partial charge in [0.05, 0.1) is 4.91 Å². The van der Waals surface area contributed by atoms with Crippen LogP contribution >= 0.6 is 11.8 Å². The van der Waals surface area contributed by atoms with Gasteiger partial charge in [-0.3, -0.25) is 14.7 Å². The van der Waals surface area contributed by atoms with Gasteiger partial charge in [-0.05, 0) is 101 Å². The van der Waals surface area contributed by atoms with E-state index in [1.807, 2.05) is 64.1 Å². The van der Waals surface area contributed by atoms with E-state index in [2.05, 4.69) is 53.7 Å². The topological polar surface area (TPSA) is 46.8 Å². The van der Waals surface area contributed by atoms with Gasteiger partial charge in [-0.2, -0.15) is 0 Å². The van der Waals surface area contributed by atoms with E-state index >= 15 is 0 Å². The first-order chi connectivity index (χ1) is 16.7. The third-order valence-corrected chi connectivity index (χ3v) is 6.82. The normalized spacial score (nSPS) is 16.3. The summed E-state index contributed by atoms with van der Waals surface area (Å²) in [6, 6.07) is 20.6. The fourth-order valence-corrected chi connectivity index (χ4v) is 5.38. The molecule has 1 amide bonds. The number of amidine groups is 1. The maximum absolute atomic E-state index is 13.2. The van der Waals surface area contributed by atoms with Gasteiger partial charge in [-0.25, -0.2) is 0 Å². The lowest BCUT2D eigenvalue weighted by atomic mass is 10.2. The van der Waals surface area contributed by atoms with Crippen molar-refractivity contribution in [3.05, 3.63) is 88.1 Å². The number of aliphatic imine (C=N–C) groups is 1. The Morgan fingerprint density at radius 1 is 1.00 bits per heavy atom. The highest BCUT2D eigenvalue weighted by Gasteiger charge is 2.35. The van der Waals surface area contributed by atoms with Crippen LogP contribution in [0, 0.1) is 13.8 Å². The Balaban J connectivity index is 1.56. The van der Waals surface area contributed by atoms with E-state index in [4.69, 9.17) is 4.74 Å². The van der Waals surface area contributed by atoms with E-state index in [9.17, 15) is 4.79 Å². The Hall–Kier alpha value is -3.25. The summed E-state index contributed by atoms with van der Waals surface area (Å²) in [7, 11) is 0. The number of aryl methyl sites for hydroxylation is 1. The molecule has 0 unspecified atom stereocenters. The van der Waals surface area contributed by atoms with Crippen LogP contribution < -0.4 is 4.74 Å². The van der Waals surface area contributed by atoms with Gasteiger partial charge in [0.15, 0.2) is 5.17 Å². The predicted molar refractivity (Wildman–Crippen MR) is 146 cm³/mol. The SMILES string of the molecule is Cc1cc(/C=C2/SC(=NC(C)C)N(C(C)C)C2=O)c(C)n1-c1ccc(OCc2ccccc2)cc1. The van der Waals surface area contributed by atoms with Crippen molar-refractivity contribution < 1.29 is 9.53 Å². The summed E-state index contributed by atoms with van der Waals surface area (Å²) in [5.74, 6) is 0.857. The van der Waals surface area contributed by atoms with Gasteiger partial charge < -0.3 is 9.30 Å². The lowest BCUT2D eigenvalue weighted by Gasteiger charge is -2.20. The number of hydrogen-bond donors (Lipinski definition) is 0. The number of carbonyl (C=O) groups excluding carboxylic acids is 1. The van der Waals surface area contributed by atoms with Crippen molar-refractivity contribution in [2.45, 2.75) is 60.2 Å². The van der Waals surface area contributed by atoms with Gasteiger partial charge >= 0.3 is 0 Å². The monoisotopic (exact) mass is 487 g/mol. The fourth-order valence-electron chi connectivity index (χ4n) is 4.16. The van der Waals surface area contributed by atoms with E-state index in [1.165, 1.54) is 11.8 Å². The molecule has 5 nitrogen and oxygen atoms in total. The number of amides is 1. The van der Waals surface area contributed by atoms with Crippen molar-refractivity contribution >= 4 is 28.9 Å². The van der Waals surface area contributed by atoms with E-state index < -0.39 is 0 Å². The molecule has 1 saturated heterocycles. The summed E-state index contributed by atoms with van der Waals surface area (Å²) in [4.78, 5) is 20.3. The zero-order valence-corrected chi connectivity index (χ0v) is 22.1. The molecule has 1 aliphatic heterocycles. The van der Waals surface area contributed by atoms with Crippen molar-refractivity contribution in [3.8, 4) is 11.4 Å². The molecule has 1 aliphatic rings. The molecule has 2 heterocycles. The number of nitrogens with zero attached hydrogens (tertiary/aromatic N) is 3. The number of aromatic nitrogens is 1. The molecule has 6 heteroatoms. The number of ether oxygens (including phenoxy) is 1. The summed E-state index contributed by atoms with van der Waals surface area (Å²) in [5, 5.41) is 0.783. The van der Waals surface area contributed by atoms with Gasteiger partial charge in [0, 0.05) is 29.2 Å². The number of carbonyl (C=O) groups is 1. The van der Waals surface area contributed by atoms with Crippen LogP contribution in [0.25, 0.3) is 11.8 Å². The first kappa shape index (κ1) is 24.9. The van der Waals surface area contributed by atoms with E-state index in [0.717, 1.165) is 39.1 Å². The van der Waals surface area contributed by atoms with Crippen LogP contribution in [0.5, 0.6) is 5.75 Å². The summed E-state index contributed by atoms with van der Waals surface area (Å²) < 4.78 is 8.15. The summed E-state index contributed by atoms with van der Waals surface area (Å²) in [6.07, 6.45) is 2.00. The van der Waals surface area contributed by atoms with Crippen LogP contribution in [0.15, 0.2) is 70.6 Å². The molecule has 182 valence electrons. The Morgan fingerprint density at radius 3 is 2.31 bits per heavy atom. The van der Waals surface area contributed by atoms with E-state index in [1.54, 1.807) is 4.90 Å². The molecule has 0 N–H and O–H groups in total. The maximum Gasteiger partial charge on any atom is 0.266 e. The van der Waals surface area contributed by atoms with Crippen LogP contribution in [0.2, 0.25) is 0 Å². The Labute approximate surface area is 212 Å². The summed E-state index contributed by atoms with van der Waals surface area (Å²) in [5.41, 5.74) is 5.44. The second kappa shape index (κ2) is 10.6. The molecule has 0 aliphatic carbocycles. The molecular weight excluding hydrogens is 454 g/mol. The third-order valence-electron chi connectivity index (χ3n) is 5.82. The predicted octanol–water partition coefficient (Wildman–Crippen LogP) is 6.76. The van der Waals surface area contributed by atoms with Gasteiger partial charge in [0.25, 0.3) is 5.91 Å². The molecule has 3 aromatic rings. The van der Waals surface area contributed by atoms with Crippen molar-refractivity contribution in [3.63, 3.8) is 0 Å². The van der Waals surface area contributed by atoms with Crippen molar-refractivity contribution in [2.75, 3.05) is 0 Å². The Morgan fingerprint density at radius 2 is 1.69 bits per heavy atom. The Kier molecular flexibility index (Phi) is 7.51. The minimum absolute atomic E-state index is 0.0223. The first-order valence-electron chi connectivity index (χ1n) is 12.0. The minimum atomic E-state index is 0.0223. The standard InChI is InChI=1S/C29H33N3O2S/c1-19(2)30-29-31(20(3)4)28(33)27(35-29)17-24-16-21(5)32(22(24)6)25-12-14-26(15-13-25)34-18-23-10-8-7-9-11-23/h7-17,19-20H,18H2,1-6H3/b27-17+,30-29?. The summed E-state index contributed by atoms with van der Waals surface area (Å²) >= 11 is 1.47. The van der Waals surface area contributed by atoms with Crippen LogP contribution in [0.4, 0.5) is 0 Å². The van der Waals surface area contributed by atoms with Crippen molar-refractivity contribution in [1.82, 2.24) is 9.47 Å². The lowest BCUT2D eigenvalue weighted by molar-refractivity contribution is -0.123. The van der Waals surface area contributed by atoms with Crippen LogP contribution in [0.3, 0.4) is 0 Å². The largest absolute Gasteiger partial charge is 0.489 e. The smallest absolute Gasteiger partial charge is 0.266 e. The molecule has 0 atom stereocenters. The van der Waals surface area contributed by atoms with Gasteiger partial charge in [-0.15, -0.1) is 0 Å². The average Bonchev–Trinajstić information content (AvgIpc) is 3.27. The van der Waals surface area contributed by atoms with Crippen LogP contribution in [0.1, 0.15) is 50.2 Å². The molecule has 2 aromatic carbocycles. The molecule has 0 bridgehead atoms. The molecule has 0 saturated carbocycles. The van der Waals surface area contributed by atoms with Gasteiger partial charge in [0.1, 0.15) is 12.4 Å². The lowest BCUT2D eigenvalue weighted by Crippen LogP contribution is -2.35. The first-order valence-corrected chi connectivity index (χ1v) is 12.8. The van der Waals surface area contributed by atoms with Crippen molar-refractivity contribution in [2.24, 2.45) is 4.99 Å². The number of benzene rings is 2. The number of thioether (sulfide) groups is 1. The number of rotatable bonds is 7. The zero-order chi connectivity index (χ0) is 25.1. The highest BCUT2D eigenvalue weighted by atomic mass is 32.2. The van der Waals surface area contributed by atoms with Gasteiger partial charge in [0.2, 0.25) is 0 Å². The minimum Gasteiger partial charge on any atom is -0.489 e. The zero-order valence-electron chi connectivity index (χ0n) is 21.3. The second-order valence-electron chi connectivity index (χ2n) is 9.32. The Bertz CT molecular complexity index is 1260. The highest BCUT2D eigenvalue weighted by molar-refractivity contribution is 8.18. The fraction of sp³-hybridized carbons (Fsp3) is 0.310. The maximum atomic E-state index is 13.2. The molecule has 35 heavy (non-hydrogen) atoms. The van der Waals surface area contributed by atoms with Crippen molar-refractivity contribution in [1.29, 1.82) is 0 Å². The number of hydrogen-bond acceptors (Lipinski definition) is 4. The second-order valence-corrected chi connectivity index (χ2v) is 10.3. The molecule has 0 radical (unpaired) electrons. The molecular formula is C29H33N3O2S.